The maximum absolute atomic E-state index is 13.7. The topological polar surface area (TPSA) is 154 Å². The molecule has 4 aliphatic rings. The summed E-state index contributed by atoms with van der Waals surface area (Å²) in [6, 6.07) is -1.91. The van der Waals surface area contributed by atoms with Crippen molar-refractivity contribution >= 4 is 34.0 Å². The average molecular weight is 610 g/mol. The second-order valence-electron chi connectivity index (χ2n) is 13.1. The molecular weight excluding hydrogens is 562 g/mol. The zero-order valence-electron chi connectivity index (χ0n) is 25.3. The quantitative estimate of drug-likeness (QED) is 0.414. The molecule has 1 saturated carbocycles. The smallest absolute Gasteiger partial charge is 0.408 e. The number of allylic oxidation sites excluding steroid dienone is 1. The average Bonchev–Trinajstić information content (AvgIpc) is 3.35. The first kappa shape index (κ1) is 32.2. The van der Waals surface area contributed by atoms with Gasteiger partial charge in [0.1, 0.15) is 23.2 Å². The summed E-state index contributed by atoms with van der Waals surface area (Å²) in [6.45, 7) is 7.74. The van der Waals surface area contributed by atoms with E-state index in [1.165, 1.54) is 9.21 Å². The van der Waals surface area contributed by atoms with Crippen LogP contribution >= 0.6 is 0 Å². The molecule has 13 heteroatoms. The fraction of sp³-hybridized carbons (Fsp3) is 0.793. The van der Waals surface area contributed by atoms with Crippen LogP contribution in [0.4, 0.5) is 4.79 Å². The number of nitrogens with one attached hydrogen (secondary N) is 3. The molecule has 4 amide bonds. The summed E-state index contributed by atoms with van der Waals surface area (Å²) < 4.78 is 35.4. The van der Waals surface area contributed by atoms with Crippen molar-refractivity contribution in [1.82, 2.24) is 24.6 Å². The van der Waals surface area contributed by atoms with Gasteiger partial charge in [0.15, 0.2) is 0 Å². The van der Waals surface area contributed by atoms with E-state index in [2.05, 4.69) is 15.4 Å². The molecule has 2 saturated heterocycles. The molecule has 3 N–H and O–H groups in total. The Morgan fingerprint density at radius 3 is 2.48 bits per heavy atom. The Morgan fingerprint density at radius 2 is 1.76 bits per heavy atom. The number of piperidine rings is 1. The third kappa shape index (κ3) is 7.64. The number of amides is 4. The van der Waals surface area contributed by atoms with E-state index in [0.717, 1.165) is 38.5 Å². The Balaban J connectivity index is 1.54. The van der Waals surface area contributed by atoms with Crippen molar-refractivity contribution in [2.75, 3.05) is 13.1 Å². The van der Waals surface area contributed by atoms with Gasteiger partial charge in [-0.15, -0.1) is 0 Å². The second kappa shape index (κ2) is 12.9. The van der Waals surface area contributed by atoms with Crippen molar-refractivity contribution in [3.63, 3.8) is 0 Å². The highest BCUT2D eigenvalue weighted by molar-refractivity contribution is 7.87. The lowest BCUT2D eigenvalue weighted by Gasteiger charge is -2.33. The van der Waals surface area contributed by atoms with Crippen LogP contribution in [-0.2, 0) is 29.3 Å². The first-order valence-corrected chi connectivity index (χ1v) is 16.8. The Bertz CT molecular complexity index is 1180. The van der Waals surface area contributed by atoms with E-state index in [1.54, 1.807) is 20.8 Å². The van der Waals surface area contributed by atoms with E-state index in [0.29, 0.717) is 38.8 Å². The minimum absolute atomic E-state index is 0.223. The highest BCUT2D eigenvalue weighted by Crippen LogP contribution is 2.45. The lowest BCUT2D eigenvalue weighted by atomic mass is 10.0. The van der Waals surface area contributed by atoms with Crippen LogP contribution < -0.4 is 15.4 Å². The summed E-state index contributed by atoms with van der Waals surface area (Å²) in [7, 11) is -4.09. The molecule has 0 aromatic rings. The summed E-state index contributed by atoms with van der Waals surface area (Å²) >= 11 is 0. The van der Waals surface area contributed by atoms with Crippen molar-refractivity contribution in [2.24, 2.45) is 5.92 Å². The van der Waals surface area contributed by atoms with Crippen LogP contribution in [0.1, 0.15) is 98.3 Å². The van der Waals surface area contributed by atoms with Crippen LogP contribution in [0.3, 0.4) is 0 Å². The van der Waals surface area contributed by atoms with Gasteiger partial charge < -0.3 is 20.3 Å². The molecule has 3 heterocycles. The Kier molecular flexibility index (Phi) is 9.91. The maximum atomic E-state index is 13.7. The molecule has 0 bridgehead atoms. The number of fused-ring (bicyclic) bond motifs is 2. The number of carbonyl (C=O) groups excluding carboxylic acids is 4. The Morgan fingerprint density at radius 1 is 1.02 bits per heavy atom. The lowest BCUT2D eigenvalue weighted by Crippen LogP contribution is -2.59. The summed E-state index contributed by atoms with van der Waals surface area (Å²) in [5, 5.41) is 5.58. The summed E-state index contributed by atoms with van der Waals surface area (Å²) in [5.74, 6) is -1.97. The summed E-state index contributed by atoms with van der Waals surface area (Å²) in [6.07, 6.45) is 10.3. The molecule has 12 nitrogen and oxygen atoms in total. The molecule has 5 atom stereocenters. The van der Waals surface area contributed by atoms with Crippen molar-refractivity contribution in [1.29, 1.82) is 0 Å². The number of hydrogen-bond donors (Lipinski definition) is 3. The van der Waals surface area contributed by atoms with Crippen LogP contribution in [0.5, 0.6) is 0 Å². The second-order valence-corrected chi connectivity index (χ2v) is 14.7. The molecular formula is C29H47N5O7S. The largest absolute Gasteiger partial charge is 0.444 e. The predicted molar refractivity (Wildman–Crippen MR) is 156 cm³/mol. The van der Waals surface area contributed by atoms with Crippen LogP contribution in [0, 0.1) is 5.92 Å². The van der Waals surface area contributed by atoms with E-state index in [9.17, 15) is 27.6 Å². The van der Waals surface area contributed by atoms with Crippen LogP contribution in [0.15, 0.2) is 12.2 Å². The van der Waals surface area contributed by atoms with Crippen LogP contribution in [-0.4, -0.2) is 83.8 Å². The molecule has 1 aliphatic carbocycles. The van der Waals surface area contributed by atoms with E-state index in [4.69, 9.17) is 4.74 Å². The van der Waals surface area contributed by atoms with E-state index in [1.807, 2.05) is 19.1 Å². The highest BCUT2D eigenvalue weighted by atomic mass is 32.2. The molecule has 3 aliphatic heterocycles. The zero-order chi connectivity index (χ0) is 30.7. The number of hydrogen-bond acceptors (Lipinski definition) is 7. The van der Waals surface area contributed by atoms with Crippen molar-refractivity contribution in [3.05, 3.63) is 12.2 Å². The van der Waals surface area contributed by atoms with Gasteiger partial charge in [-0.1, -0.05) is 31.4 Å². The molecule has 4 rings (SSSR count). The third-order valence-corrected chi connectivity index (χ3v) is 10.2. The summed E-state index contributed by atoms with van der Waals surface area (Å²) in [4.78, 5) is 55.0. The first-order chi connectivity index (χ1) is 19.7. The van der Waals surface area contributed by atoms with Crippen molar-refractivity contribution < 1.29 is 32.3 Å². The zero-order valence-corrected chi connectivity index (χ0v) is 26.1. The standard InChI is InChI=1S/C29H47N5O7S/c1-20-13-10-11-18-34(20)42(39,40)32-26(37)29-19-21(29)14-8-6-5-7-9-15-22(30-27(38)41-28(2,3)4)25(36)33-17-12-16-23(33)24(35)31-29/h8,14,20-23H,5-7,9-13,15-19H2,1-4H3,(H,30,38)(H,31,35)(H,32,37)/b14-8-/t20?,21-,22?,23-,29+/m0/s1. The van der Waals surface area contributed by atoms with Gasteiger partial charge in [0.2, 0.25) is 11.8 Å². The number of nitrogens with zero attached hydrogens (tertiary/aromatic N) is 2. The van der Waals surface area contributed by atoms with E-state index >= 15 is 0 Å². The molecule has 42 heavy (non-hydrogen) atoms. The van der Waals surface area contributed by atoms with Crippen LogP contribution in [0.2, 0.25) is 0 Å². The number of carbonyl (C=O) groups is 4. The Hall–Kier alpha value is -2.67. The maximum Gasteiger partial charge on any atom is 0.408 e. The van der Waals surface area contributed by atoms with Gasteiger partial charge in [0.25, 0.3) is 5.91 Å². The van der Waals surface area contributed by atoms with Gasteiger partial charge in [-0.3, -0.25) is 14.4 Å². The van der Waals surface area contributed by atoms with Gasteiger partial charge in [0, 0.05) is 25.0 Å². The monoisotopic (exact) mass is 609 g/mol. The third-order valence-electron chi connectivity index (χ3n) is 8.60. The number of ether oxygens (including phenoxy) is 1. The SMILES string of the molecule is CC1CCCCN1S(=O)(=O)NC(=O)[C@@]12C[C@@H]1/C=C\CCCCCC(NC(=O)OC(C)(C)C)C(=O)N1CCC[C@H]1C(=O)N2. The highest BCUT2D eigenvalue weighted by Gasteiger charge is 2.61. The van der Waals surface area contributed by atoms with Crippen molar-refractivity contribution in [2.45, 2.75) is 128 Å². The van der Waals surface area contributed by atoms with Gasteiger partial charge in [-0.05, 0) is 79.1 Å². The van der Waals surface area contributed by atoms with E-state index in [-0.39, 0.29) is 24.3 Å². The minimum atomic E-state index is -4.09. The number of alkyl carbamates (subject to hydrolysis) is 1. The van der Waals surface area contributed by atoms with Gasteiger partial charge in [-0.2, -0.15) is 12.7 Å². The molecule has 0 spiro atoms. The van der Waals surface area contributed by atoms with Gasteiger partial charge in [-0.25, -0.2) is 9.52 Å². The van der Waals surface area contributed by atoms with Crippen LogP contribution in [0.25, 0.3) is 0 Å². The minimum Gasteiger partial charge on any atom is -0.444 e. The normalized spacial score (nSPS) is 32.3. The predicted octanol–water partition coefficient (Wildman–Crippen LogP) is 2.50. The molecule has 236 valence electrons. The molecule has 2 unspecified atom stereocenters. The van der Waals surface area contributed by atoms with Gasteiger partial charge >= 0.3 is 16.3 Å². The van der Waals surface area contributed by atoms with Crippen molar-refractivity contribution in [3.8, 4) is 0 Å². The lowest BCUT2D eigenvalue weighted by molar-refractivity contribution is -0.141. The number of rotatable bonds is 4. The Labute approximate surface area is 249 Å². The van der Waals surface area contributed by atoms with E-state index < -0.39 is 51.3 Å². The molecule has 3 fully saturated rings. The summed E-state index contributed by atoms with van der Waals surface area (Å²) in [5.41, 5.74) is -2.14. The molecule has 0 aromatic heterocycles. The first-order valence-electron chi connectivity index (χ1n) is 15.4. The van der Waals surface area contributed by atoms with Gasteiger partial charge in [0.05, 0.1) is 0 Å². The molecule has 0 aromatic carbocycles. The fourth-order valence-electron chi connectivity index (χ4n) is 6.24. The fourth-order valence-corrected chi connectivity index (χ4v) is 7.72. The molecule has 0 radical (unpaired) electrons.